The number of methoxy groups -OCH3 is 1. The number of rotatable bonds is 8. The van der Waals surface area contributed by atoms with Gasteiger partial charge in [0.05, 0.1) is 11.3 Å². The van der Waals surface area contributed by atoms with E-state index in [2.05, 4.69) is 5.32 Å². The molecule has 9 heteroatoms. The van der Waals surface area contributed by atoms with Crippen molar-refractivity contribution in [1.29, 1.82) is 0 Å². The number of hydrogen-bond donors (Lipinski definition) is 1. The smallest absolute Gasteiger partial charge is 0.223 e. The Morgan fingerprint density at radius 2 is 2.00 bits per heavy atom. The topological polar surface area (TPSA) is 84.9 Å². The summed E-state index contributed by atoms with van der Waals surface area (Å²) in [5, 5.41) is 3.74. The quantitative estimate of drug-likeness (QED) is 0.664. The first-order valence-corrected chi connectivity index (χ1v) is 11.9. The second-order valence-corrected chi connectivity index (χ2v) is 10.3. The Balaban J connectivity index is 1.69. The number of nitrogens with one attached hydrogen (secondary N) is 1. The van der Waals surface area contributed by atoms with Crippen LogP contribution < -0.4 is 5.32 Å². The number of nitrogens with zero attached hydrogens (tertiary/aromatic N) is 1. The van der Waals surface area contributed by atoms with Gasteiger partial charge in [0.25, 0.3) is 0 Å². The summed E-state index contributed by atoms with van der Waals surface area (Å²) in [7, 11) is -1.90. The normalized spacial score (nSPS) is 23.9. The number of carbonyl (C=O) groups is 1. The van der Waals surface area contributed by atoms with Crippen molar-refractivity contribution < 1.29 is 22.7 Å². The van der Waals surface area contributed by atoms with Crippen molar-refractivity contribution in [3.05, 3.63) is 34.9 Å². The molecule has 1 aromatic rings. The molecule has 162 valence electrons. The van der Waals surface area contributed by atoms with Gasteiger partial charge in [-0.3, -0.25) is 4.79 Å². The maximum Gasteiger partial charge on any atom is 0.223 e. The lowest BCUT2D eigenvalue weighted by molar-refractivity contribution is -0.130. The lowest BCUT2D eigenvalue weighted by Crippen LogP contribution is -2.53. The molecule has 2 aliphatic rings. The van der Waals surface area contributed by atoms with Crippen LogP contribution in [0, 0.1) is 5.92 Å². The fourth-order valence-electron chi connectivity index (χ4n) is 3.94. The van der Waals surface area contributed by atoms with E-state index in [-0.39, 0.29) is 24.1 Å². The highest BCUT2D eigenvalue weighted by atomic mass is 35.5. The third-order valence-corrected chi connectivity index (χ3v) is 7.79. The third kappa shape index (κ3) is 5.92. The number of ether oxygens (including phenoxy) is 2. The zero-order valence-corrected chi connectivity index (χ0v) is 18.3. The van der Waals surface area contributed by atoms with Crippen LogP contribution in [-0.2, 0) is 30.0 Å². The van der Waals surface area contributed by atoms with Crippen LogP contribution in [0.1, 0.15) is 31.2 Å². The zero-order valence-electron chi connectivity index (χ0n) is 16.7. The molecule has 0 radical (unpaired) electrons. The van der Waals surface area contributed by atoms with E-state index in [9.17, 15) is 13.2 Å². The molecule has 29 heavy (non-hydrogen) atoms. The summed E-state index contributed by atoms with van der Waals surface area (Å²) in [6.45, 7) is 2.28. The lowest BCUT2D eigenvalue weighted by atomic mass is 9.91. The molecule has 0 saturated carbocycles. The summed E-state index contributed by atoms with van der Waals surface area (Å²) in [6, 6.07) is 6.82. The van der Waals surface area contributed by atoms with Gasteiger partial charge in [-0.15, -0.1) is 0 Å². The van der Waals surface area contributed by atoms with E-state index >= 15 is 0 Å². The average molecular weight is 445 g/mol. The van der Waals surface area contributed by atoms with E-state index in [1.54, 1.807) is 31.4 Å². The van der Waals surface area contributed by atoms with E-state index in [0.29, 0.717) is 62.6 Å². The van der Waals surface area contributed by atoms with Crippen molar-refractivity contribution in [2.75, 3.05) is 40.0 Å². The SMILES string of the molecule is COCCC1(NC(=O)C2CCOCC2)CCN(S(=O)(=O)Cc2ccc(Cl)cc2)C1. The van der Waals surface area contributed by atoms with E-state index in [0.717, 1.165) is 0 Å². The summed E-state index contributed by atoms with van der Waals surface area (Å²) < 4.78 is 38.0. The van der Waals surface area contributed by atoms with Crippen LogP contribution in [0.3, 0.4) is 0 Å². The molecular formula is C20H29ClN2O5S. The second-order valence-electron chi connectivity index (χ2n) is 7.87. The third-order valence-electron chi connectivity index (χ3n) is 5.74. The number of benzene rings is 1. The Bertz CT molecular complexity index is 796. The molecule has 2 saturated heterocycles. The van der Waals surface area contributed by atoms with Crippen LogP contribution in [0.4, 0.5) is 0 Å². The Morgan fingerprint density at radius 1 is 1.31 bits per heavy atom. The molecule has 2 aliphatic heterocycles. The standard InChI is InChI=1S/C20H29ClN2O5S/c1-27-13-9-20(22-19(24)17-6-11-28-12-7-17)8-10-23(15-20)29(25,26)14-16-2-4-18(21)5-3-16/h2-5,17H,6-15H2,1H3,(H,22,24). The van der Waals surface area contributed by atoms with Crippen molar-refractivity contribution in [2.45, 2.75) is 37.0 Å². The number of amides is 1. The Morgan fingerprint density at radius 3 is 2.66 bits per heavy atom. The molecule has 1 amide bonds. The summed E-state index contributed by atoms with van der Waals surface area (Å²) >= 11 is 5.89. The highest BCUT2D eigenvalue weighted by molar-refractivity contribution is 7.88. The average Bonchev–Trinajstić information content (AvgIpc) is 3.14. The number of hydrogen-bond acceptors (Lipinski definition) is 5. The van der Waals surface area contributed by atoms with Crippen LogP contribution in [-0.4, -0.2) is 64.2 Å². The predicted molar refractivity (Wildman–Crippen MR) is 111 cm³/mol. The van der Waals surface area contributed by atoms with Gasteiger partial charge in [0.1, 0.15) is 0 Å². The first-order valence-electron chi connectivity index (χ1n) is 9.95. The molecule has 2 fully saturated rings. The number of halogens is 1. The molecule has 0 aromatic heterocycles. The minimum Gasteiger partial charge on any atom is -0.385 e. The van der Waals surface area contributed by atoms with Gasteiger partial charge in [0, 0.05) is 51.0 Å². The van der Waals surface area contributed by atoms with Gasteiger partial charge >= 0.3 is 0 Å². The molecule has 7 nitrogen and oxygen atoms in total. The first kappa shape index (κ1) is 22.5. The molecule has 1 unspecified atom stereocenters. The summed E-state index contributed by atoms with van der Waals surface area (Å²) in [5.74, 6) is -0.178. The van der Waals surface area contributed by atoms with E-state index in [1.165, 1.54) is 4.31 Å². The minimum atomic E-state index is -3.50. The Labute approximate surface area is 177 Å². The van der Waals surface area contributed by atoms with Gasteiger partial charge in [-0.05, 0) is 43.4 Å². The molecule has 0 spiro atoms. The van der Waals surface area contributed by atoms with Crippen LogP contribution in [0.25, 0.3) is 0 Å². The van der Waals surface area contributed by atoms with Crippen LogP contribution >= 0.6 is 11.6 Å². The maximum absolute atomic E-state index is 13.0. The predicted octanol–water partition coefficient (Wildman–Crippen LogP) is 2.19. The molecule has 1 N–H and O–H groups in total. The fraction of sp³-hybridized carbons (Fsp3) is 0.650. The number of carbonyl (C=O) groups excluding carboxylic acids is 1. The van der Waals surface area contributed by atoms with Crippen LogP contribution in [0.2, 0.25) is 5.02 Å². The van der Waals surface area contributed by atoms with Crippen molar-refractivity contribution in [3.8, 4) is 0 Å². The van der Waals surface area contributed by atoms with Gasteiger partial charge < -0.3 is 14.8 Å². The van der Waals surface area contributed by atoms with Gasteiger partial charge in [-0.2, -0.15) is 4.31 Å². The molecule has 0 bridgehead atoms. The van der Waals surface area contributed by atoms with Gasteiger partial charge in [0.2, 0.25) is 15.9 Å². The van der Waals surface area contributed by atoms with Crippen molar-refractivity contribution in [3.63, 3.8) is 0 Å². The maximum atomic E-state index is 13.0. The summed E-state index contributed by atoms with van der Waals surface area (Å²) in [4.78, 5) is 12.8. The highest BCUT2D eigenvalue weighted by Gasteiger charge is 2.44. The van der Waals surface area contributed by atoms with Crippen LogP contribution in [0.15, 0.2) is 24.3 Å². The van der Waals surface area contributed by atoms with Crippen LogP contribution in [0.5, 0.6) is 0 Å². The molecule has 2 heterocycles. The van der Waals surface area contributed by atoms with Crippen molar-refractivity contribution in [2.24, 2.45) is 5.92 Å². The molecule has 1 atom stereocenters. The molecular weight excluding hydrogens is 416 g/mol. The summed E-state index contributed by atoms with van der Waals surface area (Å²) in [6.07, 6.45) is 2.55. The molecule has 0 aliphatic carbocycles. The first-order chi connectivity index (χ1) is 13.8. The van der Waals surface area contributed by atoms with Gasteiger partial charge in [-0.1, -0.05) is 23.7 Å². The Kier molecular flexibility index (Phi) is 7.56. The monoisotopic (exact) mass is 444 g/mol. The molecule has 3 rings (SSSR count). The molecule has 1 aromatic carbocycles. The van der Waals surface area contributed by atoms with Gasteiger partial charge in [-0.25, -0.2) is 8.42 Å². The Hall–Kier alpha value is -1.19. The lowest BCUT2D eigenvalue weighted by Gasteiger charge is -2.33. The largest absolute Gasteiger partial charge is 0.385 e. The van der Waals surface area contributed by atoms with Crippen molar-refractivity contribution >= 4 is 27.5 Å². The van der Waals surface area contributed by atoms with E-state index in [1.807, 2.05) is 0 Å². The van der Waals surface area contributed by atoms with E-state index in [4.69, 9.17) is 21.1 Å². The minimum absolute atomic E-state index is 0.0126. The summed E-state index contributed by atoms with van der Waals surface area (Å²) in [5.41, 5.74) is 0.0911. The second kappa shape index (κ2) is 9.75. The fourth-order valence-corrected chi connectivity index (χ4v) is 5.68. The highest BCUT2D eigenvalue weighted by Crippen LogP contribution is 2.30. The number of sulfonamides is 1. The van der Waals surface area contributed by atoms with Gasteiger partial charge in [0.15, 0.2) is 0 Å². The van der Waals surface area contributed by atoms with Crippen molar-refractivity contribution in [1.82, 2.24) is 9.62 Å². The van der Waals surface area contributed by atoms with E-state index < -0.39 is 15.6 Å². The zero-order chi connectivity index (χ0) is 20.9.